The topological polar surface area (TPSA) is 59.9 Å². The summed E-state index contributed by atoms with van der Waals surface area (Å²) in [7, 11) is 0. The van der Waals surface area contributed by atoms with E-state index in [1.807, 2.05) is 0 Å². The summed E-state index contributed by atoms with van der Waals surface area (Å²) in [6, 6.07) is 0. The summed E-state index contributed by atoms with van der Waals surface area (Å²) in [4.78, 5) is 16.9. The molecule has 2 fully saturated rings. The van der Waals surface area contributed by atoms with E-state index in [9.17, 15) is 0 Å². The maximum atomic E-state index is 4.91. The number of nitrogens with zero attached hydrogens (tertiary/aromatic N) is 6. The highest BCUT2D eigenvalue weighted by Crippen LogP contribution is 2.19. The SMILES string of the molecule is CCNC(=NCCCCCN1CCCCC1)N1CCN(c2nc(CC)ns2)CC1.I. The van der Waals surface area contributed by atoms with Crippen LogP contribution in [0.5, 0.6) is 0 Å². The second-order valence-electron chi connectivity index (χ2n) is 8.02. The second kappa shape index (κ2) is 14.4. The van der Waals surface area contributed by atoms with Crippen LogP contribution in [-0.2, 0) is 6.42 Å². The summed E-state index contributed by atoms with van der Waals surface area (Å²) in [5.41, 5.74) is 0. The molecule has 2 aliphatic rings. The number of guanidine groups is 1. The molecular weight excluding hydrogens is 509 g/mol. The molecule has 7 nitrogen and oxygen atoms in total. The van der Waals surface area contributed by atoms with Gasteiger partial charge in [0.05, 0.1) is 0 Å². The number of halogens is 1. The van der Waals surface area contributed by atoms with Crippen molar-refractivity contribution in [3.63, 3.8) is 0 Å². The van der Waals surface area contributed by atoms with Crippen LogP contribution in [0.4, 0.5) is 5.13 Å². The van der Waals surface area contributed by atoms with Crippen molar-refractivity contribution in [2.75, 3.05) is 63.8 Å². The molecule has 172 valence electrons. The molecule has 2 saturated heterocycles. The molecule has 3 rings (SSSR count). The summed E-state index contributed by atoms with van der Waals surface area (Å²) in [5.74, 6) is 2.04. The summed E-state index contributed by atoms with van der Waals surface area (Å²) in [5, 5.41) is 4.55. The van der Waals surface area contributed by atoms with Crippen LogP contribution in [0, 0.1) is 0 Å². The Hall–Kier alpha value is -0.680. The van der Waals surface area contributed by atoms with E-state index < -0.39 is 0 Å². The summed E-state index contributed by atoms with van der Waals surface area (Å²) in [6.07, 6.45) is 8.90. The van der Waals surface area contributed by atoms with Crippen LogP contribution in [-0.4, -0.2) is 84.0 Å². The molecule has 0 amide bonds. The Kier molecular flexibility index (Phi) is 12.3. The zero-order valence-corrected chi connectivity index (χ0v) is 22.0. The molecule has 1 aromatic heterocycles. The molecule has 2 aliphatic heterocycles. The summed E-state index contributed by atoms with van der Waals surface area (Å²) >= 11 is 1.53. The third kappa shape index (κ3) is 8.11. The van der Waals surface area contributed by atoms with Crippen molar-refractivity contribution in [2.45, 2.75) is 58.8 Å². The normalized spacial score (nSPS) is 18.4. The minimum atomic E-state index is 0. The number of hydrogen-bond acceptors (Lipinski definition) is 6. The maximum absolute atomic E-state index is 4.91. The standard InChI is InChI=1S/C21H39N7S.HI/c1-3-19-24-21(29-25-19)28-17-15-27(16-18-28)20(22-4-2)23-11-7-5-8-12-26-13-9-6-10-14-26;/h3-18H2,1-2H3,(H,22,23);1H. The van der Waals surface area contributed by atoms with Gasteiger partial charge in [-0.1, -0.05) is 19.8 Å². The van der Waals surface area contributed by atoms with Crippen LogP contribution in [0.1, 0.15) is 58.2 Å². The Bertz CT molecular complexity index is 610. The molecule has 0 spiro atoms. The minimum Gasteiger partial charge on any atom is -0.357 e. The number of hydrogen-bond donors (Lipinski definition) is 1. The Balaban J connectivity index is 0.00000320. The monoisotopic (exact) mass is 549 g/mol. The molecule has 1 N–H and O–H groups in total. The van der Waals surface area contributed by atoms with Gasteiger partial charge >= 0.3 is 0 Å². The van der Waals surface area contributed by atoms with Crippen molar-refractivity contribution < 1.29 is 0 Å². The average molecular weight is 550 g/mol. The van der Waals surface area contributed by atoms with Crippen LogP contribution in [0.3, 0.4) is 0 Å². The zero-order chi connectivity index (χ0) is 20.3. The molecular formula is C21H40IN7S. The third-order valence-corrected chi connectivity index (χ3v) is 6.62. The highest BCUT2D eigenvalue weighted by Gasteiger charge is 2.22. The summed E-state index contributed by atoms with van der Waals surface area (Å²) < 4.78 is 4.42. The first-order valence-corrected chi connectivity index (χ1v) is 12.4. The Morgan fingerprint density at radius 2 is 1.77 bits per heavy atom. The maximum Gasteiger partial charge on any atom is 0.205 e. The fourth-order valence-corrected chi connectivity index (χ4v) is 4.85. The average Bonchev–Trinajstić information content (AvgIpc) is 3.25. The number of anilines is 1. The Morgan fingerprint density at radius 1 is 1.00 bits per heavy atom. The number of aryl methyl sites for hydroxylation is 1. The van der Waals surface area contributed by atoms with Crippen molar-refractivity contribution in [1.82, 2.24) is 24.5 Å². The molecule has 30 heavy (non-hydrogen) atoms. The minimum absolute atomic E-state index is 0. The largest absolute Gasteiger partial charge is 0.357 e. The molecule has 0 atom stereocenters. The van der Waals surface area contributed by atoms with E-state index in [-0.39, 0.29) is 24.0 Å². The highest BCUT2D eigenvalue weighted by molar-refractivity contribution is 14.0. The molecule has 0 aromatic carbocycles. The summed E-state index contributed by atoms with van der Waals surface area (Å²) in [6.45, 7) is 14.0. The van der Waals surface area contributed by atoms with Crippen molar-refractivity contribution >= 4 is 46.6 Å². The van der Waals surface area contributed by atoms with Crippen LogP contribution in [0.25, 0.3) is 0 Å². The van der Waals surface area contributed by atoms with Gasteiger partial charge < -0.3 is 20.0 Å². The quantitative estimate of drug-likeness (QED) is 0.221. The first-order valence-electron chi connectivity index (χ1n) is 11.6. The fourth-order valence-electron chi connectivity index (χ4n) is 4.04. The lowest BCUT2D eigenvalue weighted by atomic mass is 10.1. The number of aromatic nitrogens is 2. The van der Waals surface area contributed by atoms with E-state index in [0.29, 0.717) is 0 Å². The third-order valence-electron chi connectivity index (χ3n) is 5.80. The number of likely N-dealkylation sites (tertiary alicyclic amines) is 1. The predicted octanol–water partition coefficient (Wildman–Crippen LogP) is 3.46. The number of piperidine rings is 1. The van der Waals surface area contributed by atoms with Crippen molar-refractivity contribution in [3.8, 4) is 0 Å². The van der Waals surface area contributed by atoms with Gasteiger partial charge in [0.25, 0.3) is 0 Å². The molecule has 1 aromatic rings. The molecule has 0 aliphatic carbocycles. The Labute approximate surface area is 203 Å². The predicted molar refractivity (Wildman–Crippen MR) is 139 cm³/mol. The first-order chi connectivity index (χ1) is 14.3. The lowest BCUT2D eigenvalue weighted by Gasteiger charge is -2.36. The molecule has 0 radical (unpaired) electrons. The van der Waals surface area contributed by atoms with Crippen molar-refractivity contribution in [3.05, 3.63) is 5.82 Å². The van der Waals surface area contributed by atoms with Gasteiger partial charge in [-0.25, -0.2) is 4.98 Å². The number of aliphatic imine (C=N–C) groups is 1. The van der Waals surface area contributed by atoms with Crippen LogP contribution in [0.15, 0.2) is 4.99 Å². The van der Waals surface area contributed by atoms with Gasteiger partial charge in [0.2, 0.25) is 5.13 Å². The number of rotatable bonds is 9. The zero-order valence-electron chi connectivity index (χ0n) is 18.8. The first kappa shape index (κ1) is 25.6. The van der Waals surface area contributed by atoms with Crippen LogP contribution in [0.2, 0.25) is 0 Å². The lowest BCUT2D eigenvalue weighted by Crippen LogP contribution is -2.52. The smallest absolute Gasteiger partial charge is 0.205 e. The van der Waals surface area contributed by atoms with Gasteiger partial charge in [0, 0.05) is 57.2 Å². The van der Waals surface area contributed by atoms with E-state index >= 15 is 0 Å². The second-order valence-corrected chi connectivity index (χ2v) is 8.75. The van der Waals surface area contributed by atoms with Gasteiger partial charge in [-0.05, 0) is 52.2 Å². The van der Waals surface area contributed by atoms with Crippen LogP contribution < -0.4 is 10.2 Å². The van der Waals surface area contributed by atoms with Gasteiger partial charge in [-0.15, -0.1) is 24.0 Å². The van der Waals surface area contributed by atoms with E-state index in [1.54, 1.807) is 0 Å². The van der Waals surface area contributed by atoms with E-state index in [4.69, 9.17) is 4.99 Å². The number of unbranched alkanes of at least 4 members (excludes halogenated alkanes) is 2. The van der Waals surface area contributed by atoms with E-state index in [1.165, 1.54) is 69.7 Å². The lowest BCUT2D eigenvalue weighted by molar-refractivity contribution is 0.224. The van der Waals surface area contributed by atoms with Gasteiger partial charge in [0.15, 0.2) is 5.96 Å². The molecule has 0 unspecified atom stereocenters. The van der Waals surface area contributed by atoms with E-state index in [2.05, 4.69) is 43.2 Å². The molecule has 0 bridgehead atoms. The molecule has 3 heterocycles. The van der Waals surface area contributed by atoms with E-state index in [0.717, 1.165) is 62.6 Å². The van der Waals surface area contributed by atoms with Gasteiger partial charge in [-0.3, -0.25) is 4.99 Å². The number of nitrogens with one attached hydrogen (secondary N) is 1. The molecule has 9 heteroatoms. The van der Waals surface area contributed by atoms with Gasteiger partial charge in [-0.2, -0.15) is 4.37 Å². The van der Waals surface area contributed by atoms with Gasteiger partial charge in [0.1, 0.15) is 5.82 Å². The van der Waals surface area contributed by atoms with Crippen LogP contribution >= 0.6 is 35.5 Å². The number of piperazine rings is 1. The highest BCUT2D eigenvalue weighted by atomic mass is 127. The Morgan fingerprint density at radius 3 is 2.43 bits per heavy atom. The molecule has 0 saturated carbocycles. The van der Waals surface area contributed by atoms with Crippen molar-refractivity contribution in [1.29, 1.82) is 0 Å². The fraction of sp³-hybridized carbons (Fsp3) is 0.857. The van der Waals surface area contributed by atoms with Crippen molar-refractivity contribution in [2.24, 2.45) is 4.99 Å².